The molecule has 2 aromatic carbocycles. The van der Waals surface area contributed by atoms with Crippen molar-refractivity contribution in [1.82, 2.24) is 13.5 Å². The topological polar surface area (TPSA) is 91.1 Å². The van der Waals surface area contributed by atoms with Crippen molar-refractivity contribution >= 4 is 20.0 Å². The molecular formula is C29H37N3O5S2. The van der Waals surface area contributed by atoms with Crippen LogP contribution in [-0.4, -0.2) is 69.6 Å². The van der Waals surface area contributed by atoms with E-state index >= 15 is 0 Å². The van der Waals surface area contributed by atoms with Crippen molar-refractivity contribution in [2.24, 2.45) is 0 Å². The number of hydrogen-bond donors (Lipinski definition) is 0. The Morgan fingerprint density at radius 1 is 0.718 bits per heavy atom. The van der Waals surface area contributed by atoms with Gasteiger partial charge in [-0.15, -0.1) is 0 Å². The fourth-order valence-corrected chi connectivity index (χ4v) is 7.69. The van der Waals surface area contributed by atoms with Crippen LogP contribution in [0.25, 0.3) is 0 Å². The monoisotopic (exact) mass is 571 g/mol. The Morgan fingerprint density at radius 2 is 1.18 bits per heavy atom. The SMILES string of the molecule is C=C1CN(S(=O)(=O)c2ccc(C)cc2)CCCN(Cc2ccoc2)CCCN(S(=O)(=O)c2ccc(C)cc2)C1. The standard InChI is InChI=1S/C29H37N3O5S2/c1-24-6-10-28(11-7-24)38(33,34)31-17-4-15-30(22-27-14-19-37-23-27)16-5-18-32(21-26(3)20-31)39(35,36)29-12-8-25(2)9-13-29/h6-14,19,23H,3-5,15-18,20-22H2,1-2H3. The Bertz CT molecular complexity index is 1360. The fourth-order valence-electron chi connectivity index (χ4n) is 4.69. The number of hydrogen-bond acceptors (Lipinski definition) is 6. The molecule has 1 aromatic heterocycles. The van der Waals surface area contributed by atoms with Crippen molar-refractivity contribution in [3.63, 3.8) is 0 Å². The van der Waals surface area contributed by atoms with Crippen LogP contribution in [0.3, 0.4) is 0 Å². The molecular weight excluding hydrogens is 534 g/mol. The van der Waals surface area contributed by atoms with Crippen molar-refractivity contribution in [3.8, 4) is 0 Å². The largest absolute Gasteiger partial charge is 0.472 e. The molecule has 39 heavy (non-hydrogen) atoms. The van der Waals surface area contributed by atoms with Crippen LogP contribution in [0.4, 0.5) is 0 Å². The van der Waals surface area contributed by atoms with Crippen LogP contribution in [0.1, 0.15) is 29.5 Å². The van der Waals surface area contributed by atoms with Crippen LogP contribution in [0.15, 0.2) is 93.5 Å². The van der Waals surface area contributed by atoms with E-state index in [0.717, 1.165) is 16.7 Å². The lowest BCUT2D eigenvalue weighted by molar-refractivity contribution is 0.237. The molecule has 0 spiro atoms. The smallest absolute Gasteiger partial charge is 0.243 e. The summed E-state index contributed by atoms with van der Waals surface area (Å²) in [5.74, 6) is 0. The van der Waals surface area contributed by atoms with Gasteiger partial charge in [0.05, 0.1) is 22.3 Å². The number of nitrogens with zero attached hydrogens (tertiary/aromatic N) is 3. The van der Waals surface area contributed by atoms with E-state index < -0.39 is 20.0 Å². The van der Waals surface area contributed by atoms with Crippen LogP contribution in [0.2, 0.25) is 0 Å². The molecule has 0 bridgehead atoms. The molecule has 1 aliphatic rings. The first-order valence-electron chi connectivity index (χ1n) is 13.1. The summed E-state index contributed by atoms with van der Waals surface area (Å²) in [4.78, 5) is 2.65. The van der Waals surface area contributed by atoms with E-state index in [0.29, 0.717) is 51.1 Å². The molecule has 3 aromatic rings. The van der Waals surface area contributed by atoms with Crippen molar-refractivity contribution in [1.29, 1.82) is 0 Å². The molecule has 2 heterocycles. The lowest BCUT2D eigenvalue weighted by Crippen LogP contribution is -2.41. The van der Waals surface area contributed by atoms with Crippen molar-refractivity contribution in [3.05, 3.63) is 96.0 Å². The Morgan fingerprint density at radius 3 is 1.59 bits per heavy atom. The van der Waals surface area contributed by atoms with Gasteiger partial charge in [0, 0.05) is 38.3 Å². The van der Waals surface area contributed by atoms with Gasteiger partial charge in [-0.1, -0.05) is 42.0 Å². The quantitative estimate of drug-likeness (QED) is 0.407. The van der Waals surface area contributed by atoms with E-state index in [1.165, 1.54) is 8.61 Å². The van der Waals surface area contributed by atoms with E-state index in [1.807, 2.05) is 19.9 Å². The summed E-state index contributed by atoms with van der Waals surface area (Å²) >= 11 is 0. The van der Waals surface area contributed by atoms with Crippen LogP contribution < -0.4 is 0 Å². The third-order valence-corrected chi connectivity index (χ3v) is 10.6. The number of furan rings is 1. The zero-order valence-corrected chi connectivity index (χ0v) is 24.3. The second kappa shape index (κ2) is 12.6. The van der Waals surface area contributed by atoms with Gasteiger partial charge in [-0.3, -0.25) is 4.90 Å². The first-order valence-corrected chi connectivity index (χ1v) is 16.0. The normalized spacial score (nSPS) is 17.9. The highest BCUT2D eigenvalue weighted by atomic mass is 32.2. The van der Waals surface area contributed by atoms with Crippen molar-refractivity contribution in [2.75, 3.05) is 39.3 Å². The predicted octanol–water partition coefficient (Wildman–Crippen LogP) is 4.43. The van der Waals surface area contributed by atoms with Crippen LogP contribution in [0.5, 0.6) is 0 Å². The minimum atomic E-state index is -3.81. The molecule has 1 saturated heterocycles. The zero-order chi connectivity index (χ0) is 28.0. The van der Waals surface area contributed by atoms with Crippen LogP contribution >= 0.6 is 0 Å². The van der Waals surface area contributed by atoms with Gasteiger partial charge in [0.1, 0.15) is 0 Å². The van der Waals surface area contributed by atoms with Gasteiger partial charge in [0.15, 0.2) is 0 Å². The minimum Gasteiger partial charge on any atom is -0.472 e. The van der Waals surface area contributed by atoms with E-state index in [4.69, 9.17) is 4.42 Å². The first kappa shape index (κ1) is 29.2. The summed E-state index contributed by atoms with van der Waals surface area (Å²) in [5, 5.41) is 0. The molecule has 0 aliphatic carbocycles. The molecule has 8 nitrogen and oxygen atoms in total. The number of aryl methyl sites for hydroxylation is 2. The Labute approximate surface area is 232 Å². The lowest BCUT2D eigenvalue weighted by Gasteiger charge is -2.30. The van der Waals surface area contributed by atoms with Gasteiger partial charge in [-0.25, -0.2) is 16.8 Å². The van der Waals surface area contributed by atoms with Gasteiger partial charge in [0.25, 0.3) is 0 Å². The maximum absolute atomic E-state index is 13.7. The number of rotatable bonds is 6. The second-order valence-electron chi connectivity index (χ2n) is 10.2. The van der Waals surface area contributed by atoms with Gasteiger partial charge in [-0.05, 0) is 75.7 Å². The summed E-state index contributed by atoms with van der Waals surface area (Å²) in [6.45, 7) is 10.5. The van der Waals surface area contributed by atoms with Gasteiger partial charge in [-0.2, -0.15) is 8.61 Å². The minimum absolute atomic E-state index is 0.0395. The first-order chi connectivity index (χ1) is 18.6. The molecule has 0 N–H and O–H groups in total. The molecule has 10 heteroatoms. The van der Waals surface area contributed by atoms with Crippen LogP contribution in [0, 0.1) is 13.8 Å². The molecule has 0 unspecified atom stereocenters. The molecule has 0 amide bonds. The van der Waals surface area contributed by atoms with E-state index in [1.54, 1.807) is 61.1 Å². The average molecular weight is 572 g/mol. The number of benzene rings is 2. The summed E-state index contributed by atoms with van der Waals surface area (Å²) < 4.78 is 62.7. The molecule has 1 fully saturated rings. The molecule has 0 atom stereocenters. The van der Waals surface area contributed by atoms with Crippen LogP contribution in [-0.2, 0) is 26.6 Å². The highest BCUT2D eigenvalue weighted by Gasteiger charge is 2.29. The van der Waals surface area contributed by atoms with E-state index in [2.05, 4.69) is 11.5 Å². The van der Waals surface area contributed by atoms with Crippen molar-refractivity contribution in [2.45, 2.75) is 43.0 Å². The summed E-state index contributed by atoms with van der Waals surface area (Å²) in [5.41, 5.74) is 3.48. The average Bonchev–Trinajstić information content (AvgIpc) is 3.40. The molecule has 0 radical (unpaired) electrons. The Balaban J connectivity index is 1.63. The van der Waals surface area contributed by atoms with Gasteiger partial charge in [0.2, 0.25) is 20.0 Å². The fraction of sp³-hybridized carbons (Fsp3) is 0.379. The third-order valence-electron chi connectivity index (χ3n) is 6.87. The predicted molar refractivity (Wildman–Crippen MR) is 152 cm³/mol. The summed E-state index contributed by atoms with van der Waals surface area (Å²) in [7, 11) is -7.61. The second-order valence-corrected chi connectivity index (χ2v) is 14.0. The lowest BCUT2D eigenvalue weighted by atomic mass is 10.2. The van der Waals surface area contributed by atoms with E-state index in [9.17, 15) is 16.8 Å². The summed E-state index contributed by atoms with van der Waals surface area (Å²) in [6.07, 6.45) is 4.58. The highest BCUT2D eigenvalue weighted by Crippen LogP contribution is 2.22. The maximum Gasteiger partial charge on any atom is 0.243 e. The third kappa shape index (κ3) is 7.46. The van der Waals surface area contributed by atoms with Gasteiger partial charge < -0.3 is 4.42 Å². The summed E-state index contributed by atoms with van der Waals surface area (Å²) in [6, 6.07) is 15.5. The number of sulfonamides is 2. The molecule has 1 aliphatic heterocycles. The Kier molecular flexibility index (Phi) is 9.45. The molecule has 210 valence electrons. The van der Waals surface area contributed by atoms with E-state index in [-0.39, 0.29) is 22.9 Å². The zero-order valence-electron chi connectivity index (χ0n) is 22.6. The highest BCUT2D eigenvalue weighted by molar-refractivity contribution is 7.89. The van der Waals surface area contributed by atoms with Crippen molar-refractivity contribution < 1.29 is 21.3 Å². The van der Waals surface area contributed by atoms with Gasteiger partial charge >= 0.3 is 0 Å². The molecule has 4 rings (SSSR count). The Hall–Kier alpha value is -2.76. The molecule has 0 saturated carbocycles. The maximum atomic E-state index is 13.7.